The van der Waals surface area contributed by atoms with Crippen LogP contribution in [0.3, 0.4) is 0 Å². The van der Waals surface area contributed by atoms with Gasteiger partial charge in [0, 0.05) is 12.2 Å². The zero-order chi connectivity index (χ0) is 23.2. The van der Waals surface area contributed by atoms with Gasteiger partial charge in [-0.25, -0.2) is 17.9 Å². The van der Waals surface area contributed by atoms with Crippen LogP contribution in [0.15, 0.2) is 58.6 Å². The van der Waals surface area contributed by atoms with Crippen LogP contribution in [0.5, 0.6) is 0 Å². The second-order valence-electron chi connectivity index (χ2n) is 6.27. The lowest BCUT2D eigenvalue weighted by Crippen LogP contribution is -2.23. The number of nitrogens with zero attached hydrogens (tertiary/aromatic N) is 1. The second-order valence-corrected chi connectivity index (χ2v) is 8.85. The van der Waals surface area contributed by atoms with Crippen LogP contribution in [0, 0.1) is 11.3 Å². The summed E-state index contributed by atoms with van der Waals surface area (Å²) >= 11 is 11.7. The third-order valence-corrected chi connectivity index (χ3v) is 6.11. The zero-order valence-electron chi connectivity index (χ0n) is 16.2. The molecule has 0 heterocycles. The number of hydrogen-bond donors (Lipinski definition) is 2. The van der Waals surface area contributed by atoms with E-state index in [1.54, 1.807) is 6.07 Å². The average Bonchev–Trinajstić information content (AvgIpc) is 2.73. The first-order valence-corrected chi connectivity index (χ1v) is 10.9. The highest BCUT2D eigenvalue weighted by Gasteiger charge is 2.17. The summed E-state index contributed by atoms with van der Waals surface area (Å²) < 4.78 is 32.0. The molecule has 0 saturated heterocycles. The Morgan fingerprint density at radius 2 is 1.77 bits per heavy atom. The number of nitrogens with one attached hydrogen (secondary N) is 1. The molecule has 162 valence electrons. The molecule has 0 amide bonds. The molecule has 0 aliphatic rings. The fourth-order valence-electron chi connectivity index (χ4n) is 2.32. The Balaban J connectivity index is 1.98. The number of sulfonamides is 1. The van der Waals surface area contributed by atoms with E-state index in [1.807, 2.05) is 0 Å². The van der Waals surface area contributed by atoms with E-state index < -0.39 is 28.4 Å². The Morgan fingerprint density at radius 3 is 2.32 bits per heavy atom. The highest BCUT2D eigenvalue weighted by atomic mass is 35.5. The van der Waals surface area contributed by atoms with Crippen LogP contribution in [0.25, 0.3) is 0 Å². The molecule has 0 spiro atoms. The summed E-state index contributed by atoms with van der Waals surface area (Å²) in [5.74, 6) is -1.48. The first kappa shape index (κ1) is 24.4. The molecule has 2 aromatic carbocycles. The van der Waals surface area contributed by atoms with E-state index in [0.29, 0.717) is 5.56 Å². The molecule has 2 rings (SSSR count). The first-order chi connectivity index (χ1) is 14.5. The molecule has 0 aromatic heterocycles. The van der Waals surface area contributed by atoms with Crippen molar-refractivity contribution in [1.82, 2.24) is 4.72 Å². The van der Waals surface area contributed by atoms with Gasteiger partial charge < -0.3 is 10.5 Å². The Kier molecular flexibility index (Phi) is 8.19. The van der Waals surface area contributed by atoms with Gasteiger partial charge in [-0.1, -0.05) is 35.3 Å². The molecule has 0 saturated carbocycles. The summed E-state index contributed by atoms with van der Waals surface area (Å²) in [5, 5.41) is 9.23. The van der Waals surface area contributed by atoms with Crippen LogP contribution in [0.4, 0.5) is 0 Å². The molecule has 0 aliphatic heterocycles. The Morgan fingerprint density at radius 1 is 1.13 bits per heavy atom. The van der Waals surface area contributed by atoms with Crippen LogP contribution < -0.4 is 10.5 Å². The summed E-state index contributed by atoms with van der Waals surface area (Å²) in [5.41, 5.74) is 5.92. The molecule has 0 atom stereocenters. The number of carbonyl (C=O) groups excluding carboxylic acids is 2. The molecule has 11 heteroatoms. The quantitative estimate of drug-likeness (QED) is 0.335. The summed E-state index contributed by atoms with van der Waals surface area (Å²) in [4.78, 5) is 23.8. The lowest BCUT2D eigenvalue weighted by Gasteiger charge is -2.09. The molecule has 0 aliphatic carbocycles. The van der Waals surface area contributed by atoms with Crippen molar-refractivity contribution in [3.63, 3.8) is 0 Å². The molecule has 31 heavy (non-hydrogen) atoms. The molecule has 8 nitrogen and oxygen atoms in total. The fourth-order valence-corrected chi connectivity index (χ4v) is 3.73. The van der Waals surface area contributed by atoms with Gasteiger partial charge in [0.1, 0.15) is 11.6 Å². The van der Waals surface area contributed by atoms with Crippen LogP contribution in [-0.2, 0) is 26.1 Å². The number of hydrogen-bond acceptors (Lipinski definition) is 7. The van der Waals surface area contributed by atoms with E-state index in [0.717, 1.165) is 0 Å². The van der Waals surface area contributed by atoms with Crippen molar-refractivity contribution in [2.24, 2.45) is 5.73 Å². The minimum Gasteiger partial charge on any atom is -0.454 e. The Labute approximate surface area is 189 Å². The standard InChI is InChI=1S/C20H17Cl2N3O5S/c1-12(24)16(9-23)19(26)11-30-20(27)14-4-2-13(3-5-14)10-25-31(28,29)15-6-7-17(21)18(22)8-15/h2-8,25H,10-11,24H2,1H3/b16-12+. The van der Waals surface area contributed by atoms with Crippen LogP contribution >= 0.6 is 23.2 Å². The largest absolute Gasteiger partial charge is 0.454 e. The smallest absolute Gasteiger partial charge is 0.338 e. The molecular weight excluding hydrogens is 465 g/mol. The van der Waals surface area contributed by atoms with Crippen LogP contribution in [-0.4, -0.2) is 26.8 Å². The molecule has 0 radical (unpaired) electrons. The van der Waals surface area contributed by atoms with Gasteiger partial charge in [0.25, 0.3) is 0 Å². The zero-order valence-corrected chi connectivity index (χ0v) is 18.5. The minimum atomic E-state index is -3.82. The molecule has 0 bridgehead atoms. The number of nitriles is 1. The Hall–Kier alpha value is -2.90. The number of ketones is 1. The van der Waals surface area contributed by atoms with Crippen molar-refractivity contribution >= 4 is 45.0 Å². The average molecular weight is 482 g/mol. The van der Waals surface area contributed by atoms with E-state index >= 15 is 0 Å². The number of carbonyl (C=O) groups is 2. The number of allylic oxidation sites excluding steroid dienone is 1. The first-order valence-electron chi connectivity index (χ1n) is 8.65. The maximum Gasteiger partial charge on any atom is 0.338 e. The van der Waals surface area contributed by atoms with E-state index in [-0.39, 0.29) is 38.3 Å². The predicted octanol–water partition coefficient (Wildman–Crippen LogP) is 2.95. The molecule has 2 aromatic rings. The number of halogens is 2. The van der Waals surface area contributed by atoms with Crippen molar-refractivity contribution in [3.8, 4) is 6.07 Å². The molecule has 0 fully saturated rings. The van der Waals surface area contributed by atoms with Crippen molar-refractivity contribution < 1.29 is 22.7 Å². The van der Waals surface area contributed by atoms with Gasteiger partial charge in [0.15, 0.2) is 6.61 Å². The summed E-state index contributed by atoms with van der Waals surface area (Å²) in [7, 11) is -3.82. The van der Waals surface area contributed by atoms with Gasteiger partial charge in [0.2, 0.25) is 15.8 Å². The fraction of sp³-hybridized carbons (Fsp3) is 0.150. The lowest BCUT2D eigenvalue weighted by molar-refractivity contribution is -0.118. The minimum absolute atomic E-state index is 0.0368. The van der Waals surface area contributed by atoms with Gasteiger partial charge in [-0.15, -0.1) is 0 Å². The summed E-state index contributed by atoms with van der Waals surface area (Å²) in [6, 6.07) is 11.5. The van der Waals surface area contributed by atoms with E-state index in [9.17, 15) is 18.0 Å². The van der Waals surface area contributed by atoms with E-state index in [4.69, 9.17) is 38.9 Å². The number of esters is 1. The van der Waals surface area contributed by atoms with Gasteiger partial charge in [-0.3, -0.25) is 4.79 Å². The number of nitrogens with two attached hydrogens (primary N) is 1. The normalized spacial score (nSPS) is 11.9. The third-order valence-electron chi connectivity index (χ3n) is 3.98. The monoisotopic (exact) mass is 481 g/mol. The van der Waals surface area contributed by atoms with Gasteiger partial charge in [-0.2, -0.15) is 5.26 Å². The second kappa shape index (κ2) is 10.4. The predicted molar refractivity (Wildman–Crippen MR) is 115 cm³/mol. The highest BCUT2D eigenvalue weighted by molar-refractivity contribution is 7.89. The van der Waals surface area contributed by atoms with Gasteiger partial charge in [-0.05, 0) is 42.8 Å². The maximum absolute atomic E-state index is 12.4. The maximum atomic E-state index is 12.4. The van der Waals surface area contributed by atoms with Crippen molar-refractivity contribution in [1.29, 1.82) is 5.26 Å². The van der Waals surface area contributed by atoms with Crippen LogP contribution in [0.1, 0.15) is 22.8 Å². The van der Waals surface area contributed by atoms with E-state index in [1.165, 1.54) is 49.4 Å². The van der Waals surface area contributed by atoms with Crippen molar-refractivity contribution in [3.05, 3.63) is 74.9 Å². The third kappa shape index (κ3) is 6.54. The van der Waals surface area contributed by atoms with Crippen molar-refractivity contribution in [2.45, 2.75) is 18.4 Å². The van der Waals surface area contributed by atoms with Crippen molar-refractivity contribution in [2.75, 3.05) is 6.61 Å². The number of Topliss-reactive ketones (excluding diaryl/α,β-unsaturated/α-hetero) is 1. The topological polar surface area (TPSA) is 139 Å². The lowest BCUT2D eigenvalue weighted by atomic mass is 10.1. The highest BCUT2D eigenvalue weighted by Crippen LogP contribution is 2.24. The SMILES string of the molecule is C/C(N)=C(/C#N)C(=O)COC(=O)c1ccc(CNS(=O)(=O)c2ccc(Cl)c(Cl)c2)cc1. The van der Waals surface area contributed by atoms with E-state index in [2.05, 4.69) is 4.72 Å². The van der Waals surface area contributed by atoms with Gasteiger partial charge in [0.05, 0.1) is 20.5 Å². The number of benzene rings is 2. The molecule has 3 N–H and O–H groups in total. The molecular formula is C20H17Cl2N3O5S. The summed E-state index contributed by atoms with van der Waals surface area (Å²) in [6.07, 6.45) is 0. The number of rotatable bonds is 8. The Bertz CT molecular complexity index is 1180. The summed E-state index contributed by atoms with van der Waals surface area (Å²) in [6.45, 7) is 0.733. The van der Waals surface area contributed by atoms with Gasteiger partial charge >= 0.3 is 5.97 Å². The number of ether oxygens (including phenoxy) is 1. The van der Waals surface area contributed by atoms with Crippen LogP contribution in [0.2, 0.25) is 10.0 Å². The molecule has 0 unspecified atom stereocenters.